The minimum Gasteiger partial charge on any atom is -0.481 e. The van der Waals surface area contributed by atoms with E-state index in [1.807, 2.05) is 13.8 Å². The van der Waals surface area contributed by atoms with Gasteiger partial charge in [0.05, 0.1) is 13.2 Å². The number of aliphatic carboxylic acids is 1. The van der Waals surface area contributed by atoms with Gasteiger partial charge >= 0.3 is 11.9 Å². The standard InChI is InChI=1S/C12H22N2O5/c1-7(2)6-9(12(18)19-3)14-11(17)8(13)4-5-10(15)16/h7-9H,4-6,13H2,1-3H3,(H,14,17)(H,15,16). The van der Waals surface area contributed by atoms with E-state index in [1.165, 1.54) is 7.11 Å². The average molecular weight is 274 g/mol. The van der Waals surface area contributed by atoms with Gasteiger partial charge in [-0.15, -0.1) is 0 Å². The summed E-state index contributed by atoms with van der Waals surface area (Å²) in [4.78, 5) is 33.6. The van der Waals surface area contributed by atoms with Crippen molar-refractivity contribution in [1.82, 2.24) is 5.32 Å². The lowest BCUT2D eigenvalue weighted by atomic mass is 10.0. The molecule has 0 saturated heterocycles. The van der Waals surface area contributed by atoms with Gasteiger partial charge in [-0.1, -0.05) is 13.8 Å². The lowest BCUT2D eigenvalue weighted by molar-refractivity contribution is -0.146. The van der Waals surface area contributed by atoms with E-state index in [4.69, 9.17) is 10.8 Å². The monoisotopic (exact) mass is 274 g/mol. The smallest absolute Gasteiger partial charge is 0.328 e. The lowest BCUT2D eigenvalue weighted by Crippen LogP contribution is -2.49. The molecule has 2 atom stereocenters. The normalized spacial score (nSPS) is 13.7. The summed E-state index contributed by atoms with van der Waals surface area (Å²) in [7, 11) is 1.24. The van der Waals surface area contributed by atoms with Gasteiger partial charge in [-0.05, 0) is 18.8 Å². The molecule has 0 aromatic carbocycles. The van der Waals surface area contributed by atoms with Gasteiger partial charge in [0.1, 0.15) is 6.04 Å². The number of hydrogen-bond acceptors (Lipinski definition) is 5. The van der Waals surface area contributed by atoms with Gasteiger partial charge in [-0.2, -0.15) is 0 Å². The zero-order valence-corrected chi connectivity index (χ0v) is 11.5. The fourth-order valence-corrected chi connectivity index (χ4v) is 1.52. The second kappa shape index (κ2) is 8.47. The van der Waals surface area contributed by atoms with Crippen LogP contribution in [0.25, 0.3) is 0 Å². The fourth-order valence-electron chi connectivity index (χ4n) is 1.52. The number of amides is 1. The van der Waals surface area contributed by atoms with Gasteiger partial charge < -0.3 is 20.9 Å². The van der Waals surface area contributed by atoms with Gasteiger partial charge in [0.2, 0.25) is 5.91 Å². The number of carbonyl (C=O) groups is 3. The van der Waals surface area contributed by atoms with E-state index < -0.39 is 29.9 Å². The van der Waals surface area contributed by atoms with Gasteiger partial charge in [-0.25, -0.2) is 4.79 Å². The van der Waals surface area contributed by atoms with Crippen molar-refractivity contribution in [2.45, 2.75) is 45.2 Å². The van der Waals surface area contributed by atoms with Crippen LogP contribution in [0, 0.1) is 5.92 Å². The molecule has 0 aromatic heterocycles. The van der Waals surface area contributed by atoms with Gasteiger partial charge in [0, 0.05) is 6.42 Å². The lowest BCUT2D eigenvalue weighted by Gasteiger charge is -2.20. The number of esters is 1. The SMILES string of the molecule is COC(=O)C(CC(C)C)NC(=O)C(N)CCC(=O)O. The molecule has 2 unspecified atom stereocenters. The summed E-state index contributed by atoms with van der Waals surface area (Å²) in [6, 6.07) is -1.70. The van der Waals surface area contributed by atoms with Crippen LogP contribution in [0.2, 0.25) is 0 Å². The number of carbonyl (C=O) groups excluding carboxylic acids is 2. The average Bonchev–Trinajstić information content (AvgIpc) is 2.33. The second-order valence-electron chi connectivity index (χ2n) is 4.75. The molecule has 0 radical (unpaired) electrons. The van der Waals surface area contributed by atoms with Crippen molar-refractivity contribution >= 4 is 17.8 Å². The maximum Gasteiger partial charge on any atom is 0.328 e. The Morgan fingerprint density at radius 2 is 1.89 bits per heavy atom. The summed E-state index contributed by atoms with van der Waals surface area (Å²) in [6.45, 7) is 3.82. The third-order valence-electron chi connectivity index (χ3n) is 2.52. The molecule has 7 heteroatoms. The van der Waals surface area contributed by atoms with Crippen LogP contribution < -0.4 is 11.1 Å². The Bertz CT molecular complexity index is 330. The minimum absolute atomic E-state index is 0.0245. The van der Waals surface area contributed by atoms with Crippen molar-refractivity contribution in [1.29, 1.82) is 0 Å². The van der Waals surface area contributed by atoms with Gasteiger partial charge in [0.25, 0.3) is 0 Å². The number of ether oxygens (including phenoxy) is 1. The third kappa shape index (κ3) is 7.40. The first-order valence-corrected chi connectivity index (χ1v) is 6.13. The molecular formula is C12H22N2O5. The molecule has 0 aliphatic heterocycles. The van der Waals surface area contributed by atoms with Crippen molar-refractivity contribution in [3.8, 4) is 0 Å². The van der Waals surface area contributed by atoms with Crippen molar-refractivity contribution in [3.63, 3.8) is 0 Å². The molecule has 0 heterocycles. The van der Waals surface area contributed by atoms with Crippen LogP contribution in [0.5, 0.6) is 0 Å². The van der Waals surface area contributed by atoms with Crippen LogP contribution in [0.1, 0.15) is 33.1 Å². The summed E-state index contributed by atoms with van der Waals surface area (Å²) in [5.74, 6) is -1.90. The number of methoxy groups -OCH3 is 1. The predicted octanol–water partition coefficient (Wildman–Crippen LogP) is -0.118. The summed E-state index contributed by atoms with van der Waals surface area (Å²) < 4.78 is 4.60. The van der Waals surface area contributed by atoms with Crippen molar-refractivity contribution in [2.75, 3.05) is 7.11 Å². The highest BCUT2D eigenvalue weighted by Crippen LogP contribution is 2.07. The number of rotatable bonds is 8. The molecule has 0 spiro atoms. The molecule has 0 fully saturated rings. The Hall–Kier alpha value is -1.63. The first kappa shape index (κ1) is 17.4. The van der Waals surface area contributed by atoms with Crippen molar-refractivity contribution in [3.05, 3.63) is 0 Å². The zero-order valence-electron chi connectivity index (χ0n) is 11.5. The second-order valence-corrected chi connectivity index (χ2v) is 4.75. The van der Waals surface area contributed by atoms with E-state index >= 15 is 0 Å². The molecule has 1 amide bonds. The number of hydrogen-bond donors (Lipinski definition) is 3. The maximum atomic E-state index is 11.7. The molecule has 0 aromatic rings. The summed E-state index contributed by atoms with van der Waals surface area (Å²) in [5, 5.41) is 11.0. The highest BCUT2D eigenvalue weighted by Gasteiger charge is 2.25. The third-order valence-corrected chi connectivity index (χ3v) is 2.52. The van der Waals surface area contributed by atoms with E-state index in [1.54, 1.807) is 0 Å². The Morgan fingerprint density at radius 1 is 1.32 bits per heavy atom. The Kier molecular flexibility index (Phi) is 7.74. The molecule has 4 N–H and O–H groups in total. The zero-order chi connectivity index (χ0) is 15.0. The number of carboxylic acid groups (broad SMARTS) is 1. The summed E-state index contributed by atoms with van der Waals surface area (Å²) in [5.41, 5.74) is 5.56. The predicted molar refractivity (Wildman–Crippen MR) is 68.2 cm³/mol. The summed E-state index contributed by atoms with van der Waals surface area (Å²) in [6.07, 6.45) is 0.266. The highest BCUT2D eigenvalue weighted by atomic mass is 16.5. The molecule has 0 bridgehead atoms. The maximum absolute atomic E-state index is 11.7. The molecule has 0 saturated carbocycles. The largest absolute Gasteiger partial charge is 0.481 e. The highest BCUT2D eigenvalue weighted by molar-refractivity contribution is 5.87. The Labute approximate surface area is 112 Å². The Morgan fingerprint density at radius 3 is 2.32 bits per heavy atom. The van der Waals surface area contributed by atoms with Gasteiger partial charge in [0.15, 0.2) is 0 Å². The molecule has 19 heavy (non-hydrogen) atoms. The molecular weight excluding hydrogens is 252 g/mol. The molecule has 0 aliphatic carbocycles. The van der Waals surface area contributed by atoms with Crippen LogP contribution in [-0.4, -0.2) is 42.1 Å². The van der Waals surface area contributed by atoms with Crippen LogP contribution >= 0.6 is 0 Å². The quantitative estimate of drug-likeness (QED) is 0.531. The van der Waals surface area contributed by atoms with E-state index in [2.05, 4.69) is 10.1 Å². The molecule has 0 aliphatic rings. The minimum atomic E-state index is -1.02. The summed E-state index contributed by atoms with van der Waals surface area (Å²) >= 11 is 0. The molecule has 0 rings (SSSR count). The number of nitrogens with two attached hydrogens (primary N) is 1. The fraction of sp³-hybridized carbons (Fsp3) is 0.750. The van der Waals surface area contributed by atoms with E-state index in [9.17, 15) is 14.4 Å². The number of carboxylic acids is 1. The molecule has 7 nitrogen and oxygen atoms in total. The molecule has 110 valence electrons. The van der Waals surface area contributed by atoms with Crippen molar-refractivity contribution in [2.24, 2.45) is 11.7 Å². The van der Waals surface area contributed by atoms with Gasteiger partial charge in [-0.3, -0.25) is 9.59 Å². The van der Waals surface area contributed by atoms with Crippen molar-refractivity contribution < 1.29 is 24.2 Å². The van der Waals surface area contributed by atoms with Crippen LogP contribution in [0.4, 0.5) is 0 Å². The Balaban J connectivity index is 4.44. The first-order valence-electron chi connectivity index (χ1n) is 6.13. The topological polar surface area (TPSA) is 119 Å². The number of nitrogens with one attached hydrogen (secondary N) is 1. The van der Waals surface area contributed by atoms with Crippen LogP contribution in [0.3, 0.4) is 0 Å². The van der Waals surface area contributed by atoms with Crippen LogP contribution in [-0.2, 0) is 19.1 Å². The van der Waals surface area contributed by atoms with E-state index in [0.29, 0.717) is 6.42 Å². The first-order chi connectivity index (χ1) is 8.77. The van der Waals surface area contributed by atoms with E-state index in [-0.39, 0.29) is 18.8 Å². The van der Waals surface area contributed by atoms with E-state index in [0.717, 1.165) is 0 Å². The van der Waals surface area contributed by atoms with Crippen LogP contribution in [0.15, 0.2) is 0 Å².